The van der Waals surface area contributed by atoms with E-state index in [1.165, 1.54) is 12.3 Å². The summed E-state index contributed by atoms with van der Waals surface area (Å²) in [5.74, 6) is -0.604. The molecular formula is C12H14N4O2S. The third-order valence-corrected chi connectivity index (χ3v) is 3.68. The Balaban J connectivity index is 2.19. The maximum Gasteiger partial charge on any atom is 0.337 e. The number of nitrogens with one attached hydrogen (secondary N) is 1. The molecule has 0 aliphatic carbocycles. The smallest absolute Gasteiger partial charge is 0.337 e. The monoisotopic (exact) mass is 278 g/mol. The summed E-state index contributed by atoms with van der Waals surface area (Å²) < 4.78 is 0. The SMILES string of the molecule is Cc1csc(C(C)Nc2cc(C(=O)O)c(N)cn2)n1. The minimum Gasteiger partial charge on any atom is -0.478 e. The zero-order valence-electron chi connectivity index (χ0n) is 10.5. The number of nitrogens with two attached hydrogens (primary N) is 1. The molecule has 6 nitrogen and oxygen atoms in total. The number of carboxylic acid groups (broad SMARTS) is 1. The molecule has 2 aromatic heterocycles. The van der Waals surface area contributed by atoms with Crippen LogP contribution >= 0.6 is 11.3 Å². The lowest BCUT2D eigenvalue weighted by atomic mass is 10.2. The van der Waals surface area contributed by atoms with Gasteiger partial charge in [-0.05, 0) is 19.9 Å². The van der Waals surface area contributed by atoms with Crippen LogP contribution in [0, 0.1) is 6.92 Å². The lowest BCUT2D eigenvalue weighted by Crippen LogP contribution is -2.10. The predicted molar refractivity (Wildman–Crippen MR) is 74.5 cm³/mol. The van der Waals surface area contributed by atoms with Gasteiger partial charge in [0.15, 0.2) is 0 Å². The molecule has 0 bridgehead atoms. The Morgan fingerprint density at radius 1 is 1.58 bits per heavy atom. The molecule has 2 aromatic rings. The molecule has 0 saturated heterocycles. The molecule has 0 aliphatic rings. The van der Waals surface area contributed by atoms with Crippen molar-refractivity contribution >= 4 is 28.8 Å². The Bertz CT molecular complexity index is 612. The van der Waals surface area contributed by atoms with E-state index in [9.17, 15) is 4.79 Å². The number of aromatic nitrogens is 2. The van der Waals surface area contributed by atoms with Crippen LogP contribution in [0.15, 0.2) is 17.6 Å². The van der Waals surface area contributed by atoms with Gasteiger partial charge in [0.25, 0.3) is 0 Å². The van der Waals surface area contributed by atoms with Crippen molar-refractivity contribution in [2.45, 2.75) is 19.9 Å². The van der Waals surface area contributed by atoms with Crippen LogP contribution in [-0.4, -0.2) is 21.0 Å². The van der Waals surface area contributed by atoms with E-state index in [1.807, 2.05) is 19.2 Å². The second kappa shape index (κ2) is 5.23. The fraction of sp³-hybridized carbons (Fsp3) is 0.250. The number of hydrogen-bond donors (Lipinski definition) is 3. The second-order valence-electron chi connectivity index (χ2n) is 4.16. The van der Waals surface area contributed by atoms with Gasteiger partial charge in [0, 0.05) is 11.1 Å². The number of carbonyl (C=O) groups is 1. The highest BCUT2D eigenvalue weighted by molar-refractivity contribution is 7.09. The number of pyridine rings is 1. The number of hydrogen-bond acceptors (Lipinski definition) is 6. The molecule has 4 N–H and O–H groups in total. The van der Waals surface area contributed by atoms with Gasteiger partial charge in [-0.25, -0.2) is 14.8 Å². The number of nitrogen functional groups attached to an aromatic ring is 1. The van der Waals surface area contributed by atoms with Crippen LogP contribution in [0.3, 0.4) is 0 Å². The zero-order valence-corrected chi connectivity index (χ0v) is 11.4. The molecule has 0 spiro atoms. The van der Waals surface area contributed by atoms with Gasteiger partial charge in [-0.2, -0.15) is 0 Å². The largest absolute Gasteiger partial charge is 0.478 e. The van der Waals surface area contributed by atoms with E-state index in [0.29, 0.717) is 5.82 Å². The van der Waals surface area contributed by atoms with Gasteiger partial charge in [-0.1, -0.05) is 0 Å². The summed E-state index contributed by atoms with van der Waals surface area (Å²) in [7, 11) is 0. The maximum absolute atomic E-state index is 11.0. The average Bonchev–Trinajstić information content (AvgIpc) is 2.78. The molecule has 0 amide bonds. The van der Waals surface area contributed by atoms with Gasteiger partial charge >= 0.3 is 5.97 Å². The minimum atomic E-state index is -1.07. The van der Waals surface area contributed by atoms with Crippen LogP contribution in [0.25, 0.3) is 0 Å². The van der Waals surface area contributed by atoms with Crippen LogP contribution < -0.4 is 11.1 Å². The Morgan fingerprint density at radius 2 is 2.32 bits per heavy atom. The van der Waals surface area contributed by atoms with Crippen molar-refractivity contribution in [3.63, 3.8) is 0 Å². The molecule has 0 saturated carbocycles. The Labute approximate surface area is 114 Å². The van der Waals surface area contributed by atoms with E-state index in [1.54, 1.807) is 11.3 Å². The summed E-state index contributed by atoms with van der Waals surface area (Å²) in [6.45, 7) is 3.87. The fourth-order valence-electron chi connectivity index (χ4n) is 1.58. The number of carboxylic acids is 1. The summed E-state index contributed by atoms with van der Waals surface area (Å²) in [6, 6.07) is 1.38. The summed E-state index contributed by atoms with van der Waals surface area (Å²) in [6.07, 6.45) is 1.34. The molecule has 100 valence electrons. The van der Waals surface area contributed by atoms with Gasteiger partial charge < -0.3 is 16.2 Å². The first kappa shape index (κ1) is 13.3. The van der Waals surface area contributed by atoms with Crippen LogP contribution in [0.5, 0.6) is 0 Å². The van der Waals surface area contributed by atoms with E-state index in [-0.39, 0.29) is 17.3 Å². The number of aromatic carboxylic acids is 1. The molecule has 0 aromatic carbocycles. The zero-order chi connectivity index (χ0) is 14.0. The molecule has 1 unspecified atom stereocenters. The summed E-state index contributed by atoms with van der Waals surface area (Å²) in [5.41, 5.74) is 6.71. The highest BCUT2D eigenvalue weighted by Gasteiger charge is 2.13. The van der Waals surface area contributed by atoms with Gasteiger partial charge in [-0.15, -0.1) is 11.3 Å². The summed E-state index contributed by atoms with van der Waals surface area (Å²) >= 11 is 1.55. The van der Waals surface area contributed by atoms with Crippen molar-refractivity contribution in [3.8, 4) is 0 Å². The van der Waals surface area contributed by atoms with E-state index >= 15 is 0 Å². The first-order valence-corrected chi connectivity index (χ1v) is 6.52. The summed E-state index contributed by atoms with van der Waals surface area (Å²) in [4.78, 5) is 19.4. The van der Waals surface area contributed by atoms with Crippen molar-refractivity contribution in [1.29, 1.82) is 0 Å². The first-order chi connectivity index (χ1) is 8.97. The van der Waals surface area contributed by atoms with Crippen LogP contribution in [0.2, 0.25) is 0 Å². The van der Waals surface area contributed by atoms with Crippen molar-refractivity contribution in [3.05, 3.63) is 33.9 Å². The van der Waals surface area contributed by atoms with Gasteiger partial charge in [0.2, 0.25) is 0 Å². The number of anilines is 2. The van der Waals surface area contributed by atoms with Crippen LogP contribution in [0.1, 0.15) is 34.0 Å². The highest BCUT2D eigenvalue weighted by Crippen LogP contribution is 2.23. The molecule has 0 fully saturated rings. The molecule has 19 heavy (non-hydrogen) atoms. The van der Waals surface area contributed by atoms with Crippen molar-refractivity contribution in [2.24, 2.45) is 0 Å². The quantitative estimate of drug-likeness (QED) is 0.793. The number of nitrogens with zero attached hydrogens (tertiary/aromatic N) is 2. The molecule has 0 aliphatic heterocycles. The lowest BCUT2D eigenvalue weighted by Gasteiger charge is -2.12. The van der Waals surface area contributed by atoms with Crippen LogP contribution in [0.4, 0.5) is 11.5 Å². The van der Waals surface area contributed by atoms with E-state index < -0.39 is 5.97 Å². The topological polar surface area (TPSA) is 101 Å². The van der Waals surface area contributed by atoms with Crippen molar-refractivity contribution < 1.29 is 9.90 Å². The average molecular weight is 278 g/mol. The van der Waals surface area contributed by atoms with Crippen molar-refractivity contribution in [1.82, 2.24) is 9.97 Å². The molecule has 2 heterocycles. The Kier molecular flexibility index (Phi) is 3.66. The van der Waals surface area contributed by atoms with Crippen molar-refractivity contribution in [2.75, 3.05) is 11.1 Å². The number of rotatable bonds is 4. The Hall–Kier alpha value is -2.15. The molecule has 7 heteroatoms. The standard InChI is InChI=1S/C12H14N4O2S/c1-6-5-19-11(15-6)7(2)16-10-3-8(12(17)18)9(13)4-14-10/h3-5,7H,13H2,1-2H3,(H,14,16)(H,17,18). The van der Waals surface area contributed by atoms with Gasteiger partial charge in [0.05, 0.1) is 23.5 Å². The maximum atomic E-state index is 11.0. The van der Waals surface area contributed by atoms with Gasteiger partial charge in [-0.3, -0.25) is 0 Å². The predicted octanol–water partition coefficient (Wildman–Crippen LogP) is 2.30. The lowest BCUT2D eigenvalue weighted by molar-refractivity contribution is 0.0698. The van der Waals surface area contributed by atoms with Gasteiger partial charge in [0.1, 0.15) is 10.8 Å². The highest BCUT2D eigenvalue weighted by atomic mass is 32.1. The second-order valence-corrected chi connectivity index (χ2v) is 5.04. The molecule has 2 rings (SSSR count). The van der Waals surface area contributed by atoms with Crippen LogP contribution in [-0.2, 0) is 0 Å². The Morgan fingerprint density at radius 3 is 2.89 bits per heavy atom. The van der Waals surface area contributed by atoms with E-state index in [2.05, 4.69) is 15.3 Å². The first-order valence-electron chi connectivity index (χ1n) is 5.64. The minimum absolute atomic E-state index is 0.0417. The summed E-state index contributed by atoms with van der Waals surface area (Å²) in [5, 5.41) is 15.0. The third-order valence-electron chi connectivity index (χ3n) is 2.54. The number of thiazole rings is 1. The normalized spacial score (nSPS) is 12.1. The van der Waals surface area contributed by atoms with E-state index in [4.69, 9.17) is 10.8 Å². The van der Waals surface area contributed by atoms with E-state index in [0.717, 1.165) is 10.7 Å². The molecule has 0 radical (unpaired) electrons. The number of aryl methyl sites for hydroxylation is 1. The molecular weight excluding hydrogens is 264 g/mol. The fourth-order valence-corrected chi connectivity index (χ4v) is 2.39. The third kappa shape index (κ3) is 3.00. The molecule has 1 atom stereocenters.